The first-order valence-electron chi connectivity index (χ1n) is 8.69. The lowest BCUT2D eigenvalue weighted by Gasteiger charge is -2.11. The van der Waals surface area contributed by atoms with Crippen molar-refractivity contribution >= 4 is 24.1 Å². The van der Waals surface area contributed by atoms with Crippen LogP contribution < -0.4 is 18.9 Å². The Morgan fingerprint density at radius 2 is 1.03 bits per heavy atom. The maximum atomic E-state index is 11.9. The van der Waals surface area contributed by atoms with Gasteiger partial charge in [0, 0.05) is 23.3 Å². The number of carboxylic acids is 2. The molecule has 30 heavy (non-hydrogen) atoms. The molecule has 2 aromatic carbocycles. The average molecular weight is 414 g/mol. The fourth-order valence-electron chi connectivity index (χ4n) is 2.70. The van der Waals surface area contributed by atoms with Crippen LogP contribution in [-0.4, -0.2) is 50.6 Å². The first-order valence-corrected chi connectivity index (χ1v) is 8.69. The number of hydrogen-bond acceptors (Lipinski definition) is 6. The number of benzene rings is 2. The predicted molar refractivity (Wildman–Crippen MR) is 110 cm³/mol. The van der Waals surface area contributed by atoms with E-state index in [0.717, 1.165) is 0 Å². The van der Waals surface area contributed by atoms with Gasteiger partial charge < -0.3 is 29.2 Å². The van der Waals surface area contributed by atoms with Crippen molar-refractivity contribution in [1.82, 2.24) is 0 Å². The van der Waals surface area contributed by atoms with Crippen molar-refractivity contribution in [3.8, 4) is 23.0 Å². The van der Waals surface area contributed by atoms with Crippen LogP contribution in [0.2, 0.25) is 0 Å². The molecule has 0 spiro atoms. The number of carboxylic acid groups (broad SMARTS) is 2. The molecule has 2 aromatic rings. The Morgan fingerprint density at radius 3 is 1.30 bits per heavy atom. The van der Waals surface area contributed by atoms with Crippen molar-refractivity contribution in [3.05, 3.63) is 58.7 Å². The quantitative estimate of drug-likeness (QED) is 0.475. The third-order valence-electron chi connectivity index (χ3n) is 4.23. The van der Waals surface area contributed by atoms with Gasteiger partial charge in [-0.15, -0.1) is 0 Å². The lowest BCUT2D eigenvalue weighted by Crippen LogP contribution is -2.11. The highest BCUT2D eigenvalue weighted by atomic mass is 16.5. The molecule has 0 atom stereocenters. The van der Waals surface area contributed by atoms with Crippen molar-refractivity contribution in [3.63, 3.8) is 0 Å². The van der Waals surface area contributed by atoms with E-state index in [4.69, 9.17) is 18.9 Å². The van der Waals surface area contributed by atoms with Gasteiger partial charge >= 0.3 is 11.9 Å². The summed E-state index contributed by atoms with van der Waals surface area (Å²) >= 11 is 0. The maximum absolute atomic E-state index is 11.9. The summed E-state index contributed by atoms with van der Waals surface area (Å²) in [7, 11) is 5.81. The molecule has 2 rings (SSSR count). The van der Waals surface area contributed by atoms with Crippen LogP contribution >= 0.6 is 0 Å². The minimum Gasteiger partial charge on any atom is -0.497 e. The minimum absolute atomic E-state index is 0.333. The van der Waals surface area contributed by atoms with E-state index < -0.39 is 23.1 Å². The van der Waals surface area contributed by atoms with E-state index in [2.05, 4.69) is 0 Å². The summed E-state index contributed by atoms with van der Waals surface area (Å²) < 4.78 is 20.8. The second-order valence-electron chi connectivity index (χ2n) is 5.94. The molecule has 0 radical (unpaired) electrons. The number of hydrogen-bond donors (Lipinski definition) is 2. The predicted octanol–water partition coefficient (Wildman–Crippen LogP) is 3.36. The van der Waals surface area contributed by atoms with E-state index in [-0.39, 0.29) is 0 Å². The third kappa shape index (κ3) is 5.11. The highest BCUT2D eigenvalue weighted by Crippen LogP contribution is 2.31. The van der Waals surface area contributed by atoms with Crippen LogP contribution in [0.4, 0.5) is 0 Å². The smallest absolute Gasteiger partial charge is 0.336 e. The molecule has 0 aliphatic heterocycles. The van der Waals surface area contributed by atoms with Crippen LogP contribution in [0.25, 0.3) is 12.2 Å². The molecule has 0 saturated heterocycles. The molecule has 0 amide bonds. The average Bonchev–Trinajstić information content (AvgIpc) is 2.75. The van der Waals surface area contributed by atoms with Gasteiger partial charge in [-0.25, -0.2) is 9.59 Å². The summed E-state index contributed by atoms with van der Waals surface area (Å²) in [5.41, 5.74) is -0.0956. The van der Waals surface area contributed by atoms with Crippen molar-refractivity contribution < 1.29 is 38.7 Å². The Labute approximate surface area is 173 Å². The summed E-state index contributed by atoms with van der Waals surface area (Å²) in [4.78, 5) is 23.9. The molecule has 0 saturated carbocycles. The molecule has 158 valence electrons. The SMILES string of the molecule is COc1ccc(/C=C(C(=O)O)\C(=C/c2ccc(OC)cc2OC)C(=O)O)c(OC)c1. The molecule has 0 aliphatic rings. The van der Waals surface area contributed by atoms with Gasteiger partial charge in [-0.3, -0.25) is 0 Å². The van der Waals surface area contributed by atoms with Gasteiger partial charge in [0.1, 0.15) is 23.0 Å². The van der Waals surface area contributed by atoms with Gasteiger partial charge in [0.25, 0.3) is 0 Å². The van der Waals surface area contributed by atoms with Gasteiger partial charge in [-0.05, 0) is 36.4 Å². The zero-order valence-corrected chi connectivity index (χ0v) is 17.0. The molecule has 0 unspecified atom stereocenters. The van der Waals surface area contributed by atoms with Gasteiger partial charge in [0.05, 0.1) is 39.6 Å². The topological polar surface area (TPSA) is 112 Å². The Hall–Kier alpha value is -3.94. The minimum atomic E-state index is -1.41. The zero-order valence-electron chi connectivity index (χ0n) is 17.0. The van der Waals surface area contributed by atoms with E-state index in [0.29, 0.717) is 34.1 Å². The molecule has 8 nitrogen and oxygen atoms in total. The fraction of sp³-hybridized carbons (Fsp3) is 0.182. The second-order valence-corrected chi connectivity index (χ2v) is 5.94. The summed E-state index contributed by atoms with van der Waals surface area (Å²) in [6.07, 6.45) is 2.47. The molecule has 0 fully saturated rings. The molecule has 0 aliphatic carbocycles. The second kappa shape index (κ2) is 10.0. The monoisotopic (exact) mass is 414 g/mol. The fourth-order valence-corrected chi connectivity index (χ4v) is 2.70. The Kier molecular flexibility index (Phi) is 7.46. The van der Waals surface area contributed by atoms with Gasteiger partial charge in [0.2, 0.25) is 0 Å². The van der Waals surface area contributed by atoms with E-state index >= 15 is 0 Å². The standard InChI is InChI=1S/C22H22O8/c1-27-15-7-5-13(19(11-15)29-3)9-17(21(23)24)18(22(25)26)10-14-6-8-16(28-2)12-20(14)30-4/h5-12H,1-4H3,(H,23,24)(H,25,26)/b17-9+,18-10+. The molecule has 0 heterocycles. The first kappa shape index (κ1) is 22.4. The number of rotatable bonds is 9. The number of methoxy groups -OCH3 is 4. The van der Waals surface area contributed by atoms with E-state index in [1.165, 1.54) is 40.6 Å². The van der Waals surface area contributed by atoms with Gasteiger partial charge in [0.15, 0.2) is 0 Å². The van der Waals surface area contributed by atoms with Crippen molar-refractivity contribution in [2.24, 2.45) is 0 Å². The number of ether oxygens (including phenoxy) is 4. The Balaban J connectivity index is 2.66. The normalized spacial score (nSPS) is 11.6. The van der Waals surface area contributed by atoms with E-state index in [1.807, 2.05) is 0 Å². The van der Waals surface area contributed by atoms with Crippen LogP contribution in [-0.2, 0) is 9.59 Å². The summed E-state index contributed by atoms with van der Waals surface area (Å²) in [6, 6.07) is 9.53. The summed E-state index contributed by atoms with van der Waals surface area (Å²) in [6.45, 7) is 0. The molecule has 8 heteroatoms. The lowest BCUT2D eigenvalue weighted by molar-refractivity contribution is -0.136. The molecular formula is C22H22O8. The molecular weight excluding hydrogens is 392 g/mol. The molecule has 2 N–H and O–H groups in total. The van der Waals surface area contributed by atoms with E-state index in [1.54, 1.807) is 36.4 Å². The largest absolute Gasteiger partial charge is 0.497 e. The highest BCUT2D eigenvalue weighted by Gasteiger charge is 2.22. The van der Waals surface area contributed by atoms with Crippen LogP contribution in [0.1, 0.15) is 11.1 Å². The van der Waals surface area contributed by atoms with Crippen LogP contribution in [0, 0.1) is 0 Å². The molecule has 0 aromatic heterocycles. The van der Waals surface area contributed by atoms with Crippen molar-refractivity contribution in [2.45, 2.75) is 0 Å². The highest BCUT2D eigenvalue weighted by molar-refractivity contribution is 6.11. The molecule has 0 bridgehead atoms. The van der Waals surface area contributed by atoms with Crippen LogP contribution in [0.15, 0.2) is 47.5 Å². The third-order valence-corrected chi connectivity index (χ3v) is 4.23. The van der Waals surface area contributed by atoms with Gasteiger partial charge in [-0.2, -0.15) is 0 Å². The van der Waals surface area contributed by atoms with Gasteiger partial charge in [-0.1, -0.05) is 0 Å². The van der Waals surface area contributed by atoms with E-state index in [9.17, 15) is 19.8 Å². The Morgan fingerprint density at radius 1 is 0.667 bits per heavy atom. The number of carbonyl (C=O) groups is 2. The van der Waals surface area contributed by atoms with Crippen molar-refractivity contribution in [1.29, 1.82) is 0 Å². The Bertz CT molecular complexity index is 923. The summed E-state index contributed by atoms with van der Waals surface area (Å²) in [5.74, 6) is -1.13. The van der Waals surface area contributed by atoms with Crippen molar-refractivity contribution in [2.75, 3.05) is 28.4 Å². The zero-order chi connectivity index (χ0) is 22.3. The summed E-state index contributed by atoms with van der Waals surface area (Å²) in [5, 5.41) is 19.4. The van der Waals surface area contributed by atoms with Crippen LogP contribution in [0.5, 0.6) is 23.0 Å². The maximum Gasteiger partial charge on any atom is 0.336 e. The first-order chi connectivity index (χ1) is 14.3. The van der Waals surface area contributed by atoms with Crippen LogP contribution in [0.3, 0.4) is 0 Å². The number of aliphatic carboxylic acids is 2. The lowest BCUT2D eigenvalue weighted by atomic mass is 9.99.